The summed E-state index contributed by atoms with van der Waals surface area (Å²) in [5.74, 6) is -0.788. The highest BCUT2D eigenvalue weighted by molar-refractivity contribution is 5.73. The first kappa shape index (κ1) is 10.9. The number of carboxylic acid groups (broad SMARTS) is 1. The summed E-state index contributed by atoms with van der Waals surface area (Å²) in [4.78, 5) is 10.8. The van der Waals surface area contributed by atoms with Gasteiger partial charge in [-0.25, -0.2) is 0 Å². The van der Waals surface area contributed by atoms with Crippen molar-refractivity contribution < 1.29 is 14.6 Å². The van der Waals surface area contributed by atoms with Gasteiger partial charge < -0.3 is 15.6 Å². The van der Waals surface area contributed by atoms with Gasteiger partial charge in [0.2, 0.25) is 0 Å². The Balaban J connectivity index is 2.00. The second kappa shape index (κ2) is 4.10. The molecule has 1 heterocycles. The average Bonchev–Trinajstić information content (AvgIpc) is 2.65. The Morgan fingerprint density at radius 2 is 2.13 bits per heavy atom. The maximum atomic E-state index is 10.8. The molecule has 1 aliphatic carbocycles. The molecule has 1 aliphatic heterocycles. The minimum atomic E-state index is -0.880. The van der Waals surface area contributed by atoms with E-state index in [1.807, 2.05) is 0 Å². The van der Waals surface area contributed by atoms with Gasteiger partial charge in [-0.15, -0.1) is 0 Å². The SMILES string of the molecule is NC(C(=O)O)C1CCOC2(CCCC2)C1. The first-order valence-corrected chi connectivity index (χ1v) is 5.75. The summed E-state index contributed by atoms with van der Waals surface area (Å²) in [7, 11) is 0. The van der Waals surface area contributed by atoms with Crippen molar-refractivity contribution >= 4 is 5.97 Å². The molecule has 0 aromatic carbocycles. The van der Waals surface area contributed by atoms with Gasteiger partial charge in [-0.1, -0.05) is 12.8 Å². The van der Waals surface area contributed by atoms with Crippen LogP contribution in [-0.4, -0.2) is 29.3 Å². The fourth-order valence-electron chi connectivity index (χ4n) is 2.94. The lowest BCUT2D eigenvalue weighted by Crippen LogP contribution is -2.46. The number of rotatable bonds is 2. The summed E-state index contributed by atoms with van der Waals surface area (Å²) in [6.45, 7) is 0.672. The Morgan fingerprint density at radius 1 is 1.47 bits per heavy atom. The van der Waals surface area contributed by atoms with Crippen molar-refractivity contribution in [2.24, 2.45) is 11.7 Å². The first-order chi connectivity index (χ1) is 7.13. The maximum absolute atomic E-state index is 10.8. The normalized spacial score (nSPS) is 31.7. The Bertz CT molecular complexity index is 248. The number of nitrogens with two attached hydrogens (primary N) is 1. The third-order valence-electron chi connectivity index (χ3n) is 3.84. The van der Waals surface area contributed by atoms with Crippen LogP contribution in [0.2, 0.25) is 0 Å². The number of aliphatic carboxylic acids is 1. The van der Waals surface area contributed by atoms with Gasteiger partial charge in [0.25, 0.3) is 0 Å². The third kappa shape index (κ3) is 2.16. The molecule has 1 spiro atoms. The lowest BCUT2D eigenvalue weighted by atomic mass is 9.81. The quantitative estimate of drug-likeness (QED) is 0.721. The van der Waals surface area contributed by atoms with Crippen LogP contribution >= 0.6 is 0 Å². The smallest absolute Gasteiger partial charge is 0.320 e. The average molecular weight is 213 g/mol. The summed E-state index contributed by atoms with van der Waals surface area (Å²) in [6.07, 6.45) is 6.19. The standard InChI is InChI=1S/C11H19NO3/c12-9(10(13)14)8-3-6-15-11(7-8)4-1-2-5-11/h8-9H,1-7,12H2,(H,13,14). The Hall–Kier alpha value is -0.610. The van der Waals surface area contributed by atoms with Gasteiger partial charge in [0, 0.05) is 6.61 Å². The molecular weight excluding hydrogens is 194 g/mol. The second-order valence-corrected chi connectivity index (χ2v) is 4.86. The summed E-state index contributed by atoms with van der Waals surface area (Å²) in [6, 6.07) is -0.716. The molecule has 4 nitrogen and oxygen atoms in total. The van der Waals surface area contributed by atoms with E-state index in [9.17, 15) is 4.79 Å². The maximum Gasteiger partial charge on any atom is 0.320 e. The van der Waals surface area contributed by atoms with Crippen molar-refractivity contribution in [2.45, 2.75) is 50.2 Å². The molecule has 2 rings (SSSR count). The van der Waals surface area contributed by atoms with Crippen molar-refractivity contribution in [3.05, 3.63) is 0 Å². The van der Waals surface area contributed by atoms with Crippen LogP contribution in [-0.2, 0) is 9.53 Å². The lowest BCUT2D eigenvalue weighted by Gasteiger charge is -2.39. The van der Waals surface area contributed by atoms with Crippen LogP contribution in [0.4, 0.5) is 0 Å². The molecule has 0 aromatic heterocycles. The van der Waals surface area contributed by atoms with Gasteiger partial charge in [-0.05, 0) is 31.6 Å². The van der Waals surface area contributed by atoms with E-state index in [-0.39, 0.29) is 11.5 Å². The summed E-state index contributed by atoms with van der Waals surface area (Å²) >= 11 is 0. The fourth-order valence-corrected chi connectivity index (χ4v) is 2.94. The molecule has 0 bridgehead atoms. The molecule has 2 unspecified atom stereocenters. The van der Waals surface area contributed by atoms with Crippen LogP contribution < -0.4 is 5.73 Å². The van der Waals surface area contributed by atoms with Crippen molar-refractivity contribution in [3.63, 3.8) is 0 Å². The molecule has 15 heavy (non-hydrogen) atoms. The van der Waals surface area contributed by atoms with E-state index in [1.54, 1.807) is 0 Å². The topological polar surface area (TPSA) is 72.6 Å². The molecule has 86 valence electrons. The van der Waals surface area contributed by atoms with Crippen LogP contribution in [0.5, 0.6) is 0 Å². The summed E-state index contributed by atoms with van der Waals surface area (Å²) in [5, 5.41) is 8.90. The molecule has 0 aromatic rings. The van der Waals surface area contributed by atoms with E-state index in [4.69, 9.17) is 15.6 Å². The molecule has 1 saturated carbocycles. The van der Waals surface area contributed by atoms with Gasteiger partial charge in [-0.3, -0.25) is 4.79 Å². The van der Waals surface area contributed by atoms with Crippen LogP contribution in [0.15, 0.2) is 0 Å². The zero-order valence-electron chi connectivity index (χ0n) is 8.95. The molecule has 0 amide bonds. The van der Waals surface area contributed by atoms with E-state index >= 15 is 0 Å². The third-order valence-corrected chi connectivity index (χ3v) is 3.84. The number of carbonyl (C=O) groups is 1. The Morgan fingerprint density at radius 3 is 2.73 bits per heavy atom. The molecule has 4 heteroatoms. The van der Waals surface area contributed by atoms with Gasteiger partial charge >= 0.3 is 5.97 Å². The van der Waals surface area contributed by atoms with E-state index < -0.39 is 12.0 Å². The van der Waals surface area contributed by atoms with E-state index in [2.05, 4.69) is 0 Å². The van der Waals surface area contributed by atoms with E-state index in [0.717, 1.165) is 25.7 Å². The van der Waals surface area contributed by atoms with Gasteiger partial charge in [-0.2, -0.15) is 0 Å². The lowest BCUT2D eigenvalue weighted by molar-refractivity contribution is -0.144. The van der Waals surface area contributed by atoms with Crippen molar-refractivity contribution in [2.75, 3.05) is 6.61 Å². The molecular formula is C11H19NO3. The minimum absolute atomic E-state index is 0.0318. The zero-order valence-corrected chi connectivity index (χ0v) is 8.95. The number of hydrogen-bond donors (Lipinski definition) is 2. The van der Waals surface area contributed by atoms with E-state index in [0.29, 0.717) is 6.61 Å². The van der Waals surface area contributed by atoms with Crippen molar-refractivity contribution in [3.8, 4) is 0 Å². The van der Waals surface area contributed by atoms with Gasteiger partial charge in [0.05, 0.1) is 5.60 Å². The predicted octanol–water partition coefficient (Wildman–Crippen LogP) is 1.14. The first-order valence-electron chi connectivity index (χ1n) is 5.75. The molecule has 3 N–H and O–H groups in total. The number of hydrogen-bond acceptors (Lipinski definition) is 3. The molecule has 2 atom stereocenters. The number of ether oxygens (including phenoxy) is 1. The van der Waals surface area contributed by atoms with Crippen molar-refractivity contribution in [1.29, 1.82) is 0 Å². The van der Waals surface area contributed by atoms with Crippen LogP contribution in [0.25, 0.3) is 0 Å². The second-order valence-electron chi connectivity index (χ2n) is 4.86. The van der Waals surface area contributed by atoms with E-state index in [1.165, 1.54) is 12.8 Å². The summed E-state index contributed by atoms with van der Waals surface area (Å²) < 4.78 is 5.84. The molecule has 0 radical (unpaired) electrons. The van der Waals surface area contributed by atoms with Crippen molar-refractivity contribution in [1.82, 2.24) is 0 Å². The summed E-state index contributed by atoms with van der Waals surface area (Å²) in [5.41, 5.74) is 5.66. The van der Waals surface area contributed by atoms with Crippen LogP contribution in [0.3, 0.4) is 0 Å². The molecule has 2 aliphatic rings. The largest absolute Gasteiger partial charge is 0.480 e. The van der Waals surface area contributed by atoms with Crippen LogP contribution in [0.1, 0.15) is 38.5 Å². The van der Waals surface area contributed by atoms with Crippen LogP contribution in [0, 0.1) is 5.92 Å². The number of carboxylic acids is 1. The predicted molar refractivity (Wildman–Crippen MR) is 55.5 cm³/mol. The molecule has 2 fully saturated rings. The van der Waals surface area contributed by atoms with Gasteiger partial charge in [0.1, 0.15) is 6.04 Å². The fraction of sp³-hybridized carbons (Fsp3) is 0.909. The monoisotopic (exact) mass is 213 g/mol. The zero-order chi connectivity index (χ0) is 10.9. The Kier molecular flexibility index (Phi) is 2.98. The highest BCUT2D eigenvalue weighted by Crippen LogP contribution is 2.42. The Labute approximate surface area is 89.8 Å². The molecule has 1 saturated heterocycles. The highest BCUT2D eigenvalue weighted by Gasteiger charge is 2.42. The van der Waals surface area contributed by atoms with Gasteiger partial charge in [0.15, 0.2) is 0 Å². The minimum Gasteiger partial charge on any atom is -0.480 e. The highest BCUT2D eigenvalue weighted by atomic mass is 16.5.